The predicted molar refractivity (Wildman–Crippen MR) is 181 cm³/mol. The van der Waals surface area contributed by atoms with Crippen molar-refractivity contribution in [1.82, 2.24) is 10.2 Å². The van der Waals surface area contributed by atoms with Gasteiger partial charge < -0.3 is 30.0 Å². The minimum atomic E-state index is -1.65. The second-order valence-corrected chi connectivity index (χ2v) is 14.7. The van der Waals surface area contributed by atoms with E-state index in [2.05, 4.69) is 5.32 Å². The summed E-state index contributed by atoms with van der Waals surface area (Å²) in [7, 11) is 0. The summed E-state index contributed by atoms with van der Waals surface area (Å²) in [6.07, 6.45) is 0.299. The highest BCUT2D eigenvalue weighted by Gasteiger charge is 2.51. The van der Waals surface area contributed by atoms with Crippen LogP contribution < -0.4 is 20.5 Å². The first kappa shape index (κ1) is 39.2. The number of piperazine rings is 1. The number of ketones is 1. The maximum atomic E-state index is 14.2. The van der Waals surface area contributed by atoms with Gasteiger partial charge in [0.15, 0.2) is 11.3 Å². The van der Waals surface area contributed by atoms with Gasteiger partial charge in [-0.2, -0.15) is 0 Å². The predicted octanol–water partition coefficient (Wildman–Crippen LogP) is 4.33. The Morgan fingerprint density at radius 3 is 1.72 bits per heavy atom. The number of carbonyl (C=O) groups is 4. The minimum absolute atomic E-state index is 0.0668. The SMILES string of the molecule is CC(=O)O.CC(C)(C)OC(=O)CN1CCNC(Cc2ccc(OC(C)(C)C)cc2)(C(=O)[C@@H](N)Cc2ccc(OC(C)(C)C)cc2)C1=O. The Hall–Kier alpha value is -3.96. The molecule has 2 aromatic rings. The number of carboxylic acid groups (broad SMARTS) is 1. The normalized spacial score (nSPS) is 17.6. The molecule has 3 rings (SSSR count). The molecule has 1 saturated heterocycles. The second-order valence-electron chi connectivity index (χ2n) is 14.7. The van der Waals surface area contributed by atoms with E-state index >= 15 is 0 Å². The fourth-order valence-electron chi connectivity index (χ4n) is 4.99. The van der Waals surface area contributed by atoms with E-state index in [1.165, 1.54) is 4.90 Å². The molecule has 0 aromatic heterocycles. The van der Waals surface area contributed by atoms with Gasteiger partial charge in [0.2, 0.25) is 0 Å². The number of esters is 1. The molecule has 47 heavy (non-hydrogen) atoms. The van der Waals surface area contributed by atoms with Crippen molar-refractivity contribution >= 4 is 23.6 Å². The molecule has 1 amide bonds. The standard InChI is InChI=1S/C34H49N3O6.C2H4O2/c1-31(2,3)41-25-14-10-23(11-15-25)20-27(35)29(39)34(21-24-12-16-26(17-13-24)42-32(4,5)6)30(40)37(19-18-36-34)22-28(38)43-33(7,8)9;1-2(3)4/h10-17,27,36H,18-22,35H2,1-9H3;1H3,(H,3,4)/t27-,34?;/m0./s1. The molecule has 1 heterocycles. The van der Waals surface area contributed by atoms with Gasteiger partial charge in [-0.3, -0.25) is 24.5 Å². The molecule has 0 radical (unpaired) electrons. The monoisotopic (exact) mass is 655 g/mol. The molecule has 1 fully saturated rings. The molecule has 11 nitrogen and oxygen atoms in total. The van der Waals surface area contributed by atoms with Crippen LogP contribution in [0.1, 0.15) is 80.4 Å². The third-order valence-electron chi connectivity index (χ3n) is 6.58. The van der Waals surface area contributed by atoms with Gasteiger partial charge in [-0.15, -0.1) is 0 Å². The topological polar surface area (TPSA) is 157 Å². The molecular formula is C36H53N3O8. The highest BCUT2D eigenvalue weighted by molar-refractivity contribution is 6.13. The number of nitrogens with one attached hydrogen (secondary N) is 1. The van der Waals surface area contributed by atoms with Crippen molar-refractivity contribution in [2.45, 2.75) is 110 Å². The van der Waals surface area contributed by atoms with E-state index in [0.29, 0.717) is 18.0 Å². The van der Waals surface area contributed by atoms with Gasteiger partial charge in [-0.1, -0.05) is 24.3 Å². The number of carboxylic acids is 1. The van der Waals surface area contributed by atoms with Crippen molar-refractivity contribution in [3.8, 4) is 11.5 Å². The Labute approximate surface area is 279 Å². The van der Waals surface area contributed by atoms with E-state index in [4.69, 9.17) is 29.8 Å². The summed E-state index contributed by atoms with van der Waals surface area (Å²) in [5.41, 5.74) is 5.08. The lowest BCUT2D eigenvalue weighted by Crippen LogP contribution is -2.72. The van der Waals surface area contributed by atoms with Gasteiger partial charge in [0.1, 0.15) is 34.8 Å². The number of rotatable bonds is 10. The fraction of sp³-hybridized carbons (Fsp3) is 0.556. The van der Waals surface area contributed by atoms with Crippen LogP contribution in [0.5, 0.6) is 11.5 Å². The molecule has 1 unspecified atom stereocenters. The second kappa shape index (κ2) is 15.8. The highest BCUT2D eigenvalue weighted by atomic mass is 16.6. The van der Waals surface area contributed by atoms with Crippen LogP contribution >= 0.6 is 0 Å². The van der Waals surface area contributed by atoms with E-state index in [0.717, 1.165) is 18.1 Å². The van der Waals surface area contributed by atoms with Crippen LogP contribution in [-0.4, -0.2) is 81.7 Å². The minimum Gasteiger partial charge on any atom is -0.488 e. The number of nitrogens with two attached hydrogens (primary N) is 1. The van der Waals surface area contributed by atoms with Gasteiger partial charge >= 0.3 is 5.97 Å². The molecule has 0 spiro atoms. The number of hydrogen-bond acceptors (Lipinski definition) is 9. The smallest absolute Gasteiger partial charge is 0.326 e. The molecule has 2 atom stereocenters. The van der Waals surface area contributed by atoms with Gasteiger partial charge in [-0.05, 0) is 104 Å². The molecule has 1 aliphatic heterocycles. The zero-order chi connectivity index (χ0) is 35.8. The van der Waals surface area contributed by atoms with Crippen LogP contribution in [0.2, 0.25) is 0 Å². The summed E-state index contributed by atoms with van der Waals surface area (Å²) in [6, 6.07) is 13.8. The number of Topliss-reactive ketones (excluding diaryl/α,β-unsaturated/α-hetero) is 1. The van der Waals surface area contributed by atoms with Crippen molar-refractivity contribution < 1.29 is 38.5 Å². The van der Waals surface area contributed by atoms with Crippen molar-refractivity contribution in [2.24, 2.45) is 5.73 Å². The zero-order valence-corrected chi connectivity index (χ0v) is 29.6. The van der Waals surface area contributed by atoms with Gasteiger partial charge in [0.25, 0.3) is 11.9 Å². The van der Waals surface area contributed by atoms with Gasteiger partial charge in [0.05, 0.1) is 6.04 Å². The Kier molecular flexibility index (Phi) is 13.1. The van der Waals surface area contributed by atoms with E-state index in [9.17, 15) is 14.4 Å². The van der Waals surface area contributed by atoms with Crippen LogP contribution in [-0.2, 0) is 36.8 Å². The summed E-state index contributed by atoms with van der Waals surface area (Å²) < 4.78 is 17.3. The highest BCUT2D eigenvalue weighted by Crippen LogP contribution is 2.27. The van der Waals surface area contributed by atoms with Crippen LogP contribution in [0.25, 0.3) is 0 Å². The average Bonchev–Trinajstić information content (AvgIpc) is 2.90. The summed E-state index contributed by atoms with van der Waals surface area (Å²) in [5, 5.41) is 10.6. The lowest BCUT2D eigenvalue weighted by Gasteiger charge is -2.42. The van der Waals surface area contributed by atoms with Crippen molar-refractivity contribution in [1.29, 1.82) is 0 Å². The Bertz CT molecular complexity index is 1370. The first-order valence-corrected chi connectivity index (χ1v) is 15.8. The largest absolute Gasteiger partial charge is 0.488 e. The molecule has 2 aromatic carbocycles. The number of carbonyl (C=O) groups excluding carboxylic acids is 3. The van der Waals surface area contributed by atoms with Gasteiger partial charge in [0, 0.05) is 26.4 Å². The third-order valence-corrected chi connectivity index (χ3v) is 6.58. The average molecular weight is 656 g/mol. The summed E-state index contributed by atoms with van der Waals surface area (Å²) in [5.74, 6) is -0.893. The number of amides is 1. The Morgan fingerprint density at radius 1 is 0.851 bits per heavy atom. The molecule has 0 bridgehead atoms. The fourth-order valence-corrected chi connectivity index (χ4v) is 4.99. The Morgan fingerprint density at radius 2 is 1.30 bits per heavy atom. The van der Waals surface area contributed by atoms with E-state index < -0.39 is 40.8 Å². The summed E-state index contributed by atoms with van der Waals surface area (Å²) >= 11 is 0. The molecule has 1 aliphatic rings. The lowest BCUT2D eigenvalue weighted by molar-refractivity contribution is -0.162. The molecule has 0 aliphatic carbocycles. The van der Waals surface area contributed by atoms with Gasteiger partial charge in [-0.25, -0.2) is 0 Å². The van der Waals surface area contributed by atoms with E-state index in [1.807, 2.05) is 90.1 Å². The summed E-state index contributed by atoms with van der Waals surface area (Å²) in [4.78, 5) is 51.4. The van der Waals surface area contributed by atoms with Crippen LogP contribution in [0.3, 0.4) is 0 Å². The summed E-state index contributed by atoms with van der Waals surface area (Å²) in [6.45, 7) is 18.5. The third kappa shape index (κ3) is 13.4. The number of benzene rings is 2. The van der Waals surface area contributed by atoms with Crippen LogP contribution in [0.4, 0.5) is 0 Å². The molecule has 4 N–H and O–H groups in total. The molecule has 11 heteroatoms. The lowest BCUT2D eigenvalue weighted by atomic mass is 9.79. The first-order valence-electron chi connectivity index (χ1n) is 15.8. The molecule has 260 valence electrons. The maximum absolute atomic E-state index is 14.2. The van der Waals surface area contributed by atoms with E-state index in [1.54, 1.807) is 20.8 Å². The first-order chi connectivity index (χ1) is 21.5. The number of nitrogens with zero attached hydrogens (tertiary/aromatic N) is 1. The van der Waals surface area contributed by atoms with Crippen molar-refractivity contribution in [2.75, 3.05) is 19.6 Å². The van der Waals surface area contributed by atoms with Crippen molar-refractivity contribution in [3.05, 3.63) is 59.7 Å². The van der Waals surface area contributed by atoms with E-state index in [-0.39, 0.29) is 37.1 Å². The number of ether oxygens (including phenoxy) is 3. The Balaban J connectivity index is 0.00000181. The van der Waals surface area contributed by atoms with Crippen LogP contribution in [0, 0.1) is 0 Å². The van der Waals surface area contributed by atoms with Crippen molar-refractivity contribution in [3.63, 3.8) is 0 Å². The van der Waals surface area contributed by atoms with Crippen LogP contribution in [0.15, 0.2) is 48.5 Å². The maximum Gasteiger partial charge on any atom is 0.326 e. The number of aliphatic carboxylic acids is 1. The number of hydrogen-bond donors (Lipinski definition) is 3. The molecule has 0 saturated carbocycles. The zero-order valence-electron chi connectivity index (χ0n) is 29.6. The molecular weight excluding hydrogens is 602 g/mol. The quantitative estimate of drug-likeness (QED) is 0.249.